The second-order valence-electron chi connectivity index (χ2n) is 3.12. The van der Waals surface area contributed by atoms with Crippen molar-refractivity contribution in [1.82, 2.24) is 5.32 Å². The van der Waals surface area contributed by atoms with Gasteiger partial charge >= 0.3 is 18.1 Å². The number of aliphatic carboxylic acids is 2. The molecule has 17 heavy (non-hydrogen) atoms. The number of carbonyl (C=O) groups is 2. The quantitative estimate of drug-likeness (QED) is 0.622. The maximum Gasteiger partial charge on any atom is 0.490 e. The summed E-state index contributed by atoms with van der Waals surface area (Å²) < 4.78 is 31.7. The highest BCUT2D eigenvalue weighted by Crippen LogP contribution is 2.13. The molecule has 0 radical (unpaired) electrons. The van der Waals surface area contributed by atoms with E-state index in [2.05, 4.69) is 5.32 Å². The molecule has 1 heterocycles. The number of hydrogen-bond donors (Lipinski definition) is 3. The molecule has 2 atom stereocenters. The van der Waals surface area contributed by atoms with Gasteiger partial charge in [-0.15, -0.1) is 0 Å². The summed E-state index contributed by atoms with van der Waals surface area (Å²) in [6.07, 6.45) is -3.87. The molecular formula is C8H9F3N2O4. The molecule has 0 aliphatic carbocycles. The van der Waals surface area contributed by atoms with Crippen molar-refractivity contribution in [2.75, 3.05) is 0 Å². The summed E-state index contributed by atoms with van der Waals surface area (Å²) in [5.41, 5.74) is 0. The van der Waals surface area contributed by atoms with Crippen LogP contribution in [0.2, 0.25) is 0 Å². The second kappa shape index (κ2) is 6.05. The van der Waals surface area contributed by atoms with Crippen LogP contribution in [0.5, 0.6) is 0 Å². The Labute approximate surface area is 93.6 Å². The Balaban J connectivity index is 0.000000325. The third-order valence-corrected chi connectivity index (χ3v) is 1.84. The topological polar surface area (TPSA) is 110 Å². The van der Waals surface area contributed by atoms with Gasteiger partial charge in [0.2, 0.25) is 0 Å². The standard InChI is InChI=1S/C6H8N2O2.C2HF3O2/c7-3-4-1-2-5(8-4)6(9)10;3-2(4,5)1(6)7/h4-5,8H,1-2H2,(H,9,10);(H,6,7)/t4?,5-;/m0./s1. The van der Waals surface area contributed by atoms with Gasteiger partial charge in [-0.2, -0.15) is 18.4 Å². The third-order valence-electron chi connectivity index (χ3n) is 1.84. The van der Waals surface area contributed by atoms with Crippen molar-refractivity contribution in [3.63, 3.8) is 0 Å². The highest BCUT2D eigenvalue weighted by atomic mass is 19.4. The zero-order chi connectivity index (χ0) is 13.6. The molecule has 0 aromatic carbocycles. The van der Waals surface area contributed by atoms with E-state index >= 15 is 0 Å². The summed E-state index contributed by atoms with van der Waals surface area (Å²) in [6, 6.07) is 1.20. The molecule has 0 bridgehead atoms. The molecule has 9 heteroatoms. The van der Waals surface area contributed by atoms with Crippen LogP contribution in [-0.4, -0.2) is 40.4 Å². The summed E-state index contributed by atoms with van der Waals surface area (Å²) in [5.74, 6) is -3.62. The average molecular weight is 254 g/mol. The Morgan fingerprint density at radius 1 is 1.29 bits per heavy atom. The molecule has 0 aromatic heterocycles. The van der Waals surface area contributed by atoms with Crippen molar-refractivity contribution in [1.29, 1.82) is 5.26 Å². The van der Waals surface area contributed by atoms with E-state index in [9.17, 15) is 18.0 Å². The molecule has 1 aliphatic heterocycles. The number of nitriles is 1. The van der Waals surface area contributed by atoms with Crippen LogP contribution in [0.25, 0.3) is 0 Å². The lowest BCUT2D eigenvalue weighted by Crippen LogP contribution is -2.34. The molecule has 1 aliphatic rings. The van der Waals surface area contributed by atoms with E-state index in [4.69, 9.17) is 20.3 Å². The summed E-state index contributed by atoms with van der Waals surface area (Å²) in [6.45, 7) is 0. The molecule has 1 saturated heterocycles. The van der Waals surface area contributed by atoms with E-state index in [1.54, 1.807) is 0 Å². The largest absolute Gasteiger partial charge is 0.490 e. The van der Waals surface area contributed by atoms with Crippen LogP contribution in [0.3, 0.4) is 0 Å². The van der Waals surface area contributed by atoms with Gasteiger partial charge in [-0.3, -0.25) is 10.1 Å². The summed E-state index contributed by atoms with van der Waals surface area (Å²) in [7, 11) is 0. The maximum absolute atomic E-state index is 10.6. The number of halogens is 3. The highest BCUT2D eigenvalue weighted by Gasteiger charge is 2.38. The molecule has 0 amide bonds. The fourth-order valence-electron chi connectivity index (χ4n) is 1.04. The van der Waals surface area contributed by atoms with E-state index in [-0.39, 0.29) is 6.04 Å². The Bertz CT molecular complexity index is 337. The predicted octanol–water partition coefficient (Wildman–Crippen LogP) is 0.348. The molecule has 1 rings (SSSR count). The molecule has 96 valence electrons. The van der Waals surface area contributed by atoms with Crippen LogP contribution in [0, 0.1) is 11.3 Å². The van der Waals surface area contributed by atoms with Gasteiger partial charge in [-0.25, -0.2) is 4.79 Å². The molecule has 0 aromatic rings. The first-order valence-electron chi connectivity index (χ1n) is 4.37. The Morgan fingerprint density at radius 2 is 1.76 bits per heavy atom. The number of carboxylic acid groups (broad SMARTS) is 2. The summed E-state index contributed by atoms with van der Waals surface area (Å²) in [5, 5.41) is 26.6. The molecular weight excluding hydrogens is 245 g/mol. The van der Waals surface area contributed by atoms with Gasteiger partial charge in [0.05, 0.1) is 12.1 Å². The van der Waals surface area contributed by atoms with E-state index in [0.29, 0.717) is 12.8 Å². The highest BCUT2D eigenvalue weighted by molar-refractivity contribution is 5.74. The van der Waals surface area contributed by atoms with Crippen molar-refractivity contribution in [3.8, 4) is 6.07 Å². The number of rotatable bonds is 1. The monoisotopic (exact) mass is 254 g/mol. The SMILES string of the molecule is N#CC1CC[C@@H](C(=O)O)N1.O=C(O)C(F)(F)F. The smallest absolute Gasteiger partial charge is 0.480 e. The van der Waals surface area contributed by atoms with Crippen LogP contribution in [0.4, 0.5) is 13.2 Å². The maximum atomic E-state index is 10.6. The first kappa shape index (κ1) is 15.2. The summed E-state index contributed by atoms with van der Waals surface area (Å²) in [4.78, 5) is 19.2. The van der Waals surface area contributed by atoms with Gasteiger partial charge in [-0.05, 0) is 12.8 Å². The first-order chi connectivity index (χ1) is 7.68. The molecule has 3 N–H and O–H groups in total. The van der Waals surface area contributed by atoms with E-state index in [1.165, 1.54) is 0 Å². The third kappa shape index (κ3) is 5.72. The van der Waals surface area contributed by atoms with Crippen molar-refractivity contribution >= 4 is 11.9 Å². The normalized spacial score (nSPS) is 23.2. The Morgan fingerprint density at radius 3 is 1.94 bits per heavy atom. The van der Waals surface area contributed by atoms with Crippen LogP contribution < -0.4 is 5.32 Å². The number of nitrogens with one attached hydrogen (secondary N) is 1. The van der Waals surface area contributed by atoms with Gasteiger partial charge in [-0.1, -0.05) is 0 Å². The zero-order valence-electron chi connectivity index (χ0n) is 8.36. The predicted molar refractivity (Wildman–Crippen MR) is 46.9 cm³/mol. The minimum absolute atomic E-state index is 0.263. The molecule has 1 fully saturated rings. The molecule has 6 nitrogen and oxygen atoms in total. The van der Waals surface area contributed by atoms with Crippen molar-refractivity contribution < 1.29 is 33.0 Å². The zero-order valence-corrected chi connectivity index (χ0v) is 8.36. The number of hydrogen-bond acceptors (Lipinski definition) is 4. The average Bonchev–Trinajstić information content (AvgIpc) is 2.65. The molecule has 0 saturated carbocycles. The van der Waals surface area contributed by atoms with Crippen LogP contribution in [-0.2, 0) is 9.59 Å². The van der Waals surface area contributed by atoms with Crippen LogP contribution in [0.15, 0.2) is 0 Å². The Hall–Kier alpha value is -1.82. The van der Waals surface area contributed by atoms with Crippen molar-refractivity contribution in [2.24, 2.45) is 0 Å². The number of nitrogens with zero attached hydrogens (tertiary/aromatic N) is 1. The second-order valence-corrected chi connectivity index (χ2v) is 3.12. The fraction of sp³-hybridized carbons (Fsp3) is 0.625. The van der Waals surface area contributed by atoms with Gasteiger partial charge in [0.15, 0.2) is 0 Å². The van der Waals surface area contributed by atoms with Crippen molar-refractivity contribution in [2.45, 2.75) is 31.1 Å². The van der Waals surface area contributed by atoms with Crippen LogP contribution in [0.1, 0.15) is 12.8 Å². The van der Waals surface area contributed by atoms with Gasteiger partial charge in [0.25, 0.3) is 0 Å². The van der Waals surface area contributed by atoms with Crippen molar-refractivity contribution in [3.05, 3.63) is 0 Å². The lowest BCUT2D eigenvalue weighted by molar-refractivity contribution is -0.192. The minimum Gasteiger partial charge on any atom is -0.480 e. The van der Waals surface area contributed by atoms with Gasteiger partial charge in [0, 0.05) is 0 Å². The summed E-state index contributed by atoms with van der Waals surface area (Å²) >= 11 is 0. The number of alkyl halides is 3. The Kier molecular flexibility index (Phi) is 5.40. The van der Waals surface area contributed by atoms with Gasteiger partial charge in [0.1, 0.15) is 6.04 Å². The van der Waals surface area contributed by atoms with Crippen LogP contribution >= 0.6 is 0 Å². The minimum atomic E-state index is -5.08. The lowest BCUT2D eigenvalue weighted by Gasteiger charge is -2.02. The first-order valence-corrected chi connectivity index (χ1v) is 4.37. The van der Waals surface area contributed by atoms with E-state index in [1.807, 2.05) is 6.07 Å². The fourth-order valence-corrected chi connectivity index (χ4v) is 1.04. The van der Waals surface area contributed by atoms with Gasteiger partial charge < -0.3 is 10.2 Å². The lowest BCUT2D eigenvalue weighted by atomic mass is 10.2. The molecule has 1 unspecified atom stereocenters. The number of carboxylic acids is 2. The van der Waals surface area contributed by atoms with E-state index in [0.717, 1.165) is 0 Å². The molecule has 0 spiro atoms. The van der Waals surface area contributed by atoms with E-state index < -0.39 is 24.2 Å².